The van der Waals surface area contributed by atoms with Crippen LogP contribution in [-0.2, 0) is 24.1 Å². The number of hydrogen-bond acceptors (Lipinski definition) is 7. The molecule has 23 heavy (non-hydrogen) atoms. The number of hydrogen-bond donors (Lipinski definition) is 1. The van der Waals surface area contributed by atoms with Gasteiger partial charge in [0.05, 0.1) is 17.6 Å². The van der Waals surface area contributed by atoms with Crippen molar-refractivity contribution in [2.75, 3.05) is 13.4 Å². The fraction of sp³-hybridized carbons (Fsp3) is 0.357. The van der Waals surface area contributed by atoms with Crippen molar-refractivity contribution in [2.45, 2.75) is 24.8 Å². The number of methoxy groups -OCH3 is 1. The van der Waals surface area contributed by atoms with Crippen LogP contribution in [0.4, 0.5) is 4.79 Å². The van der Waals surface area contributed by atoms with Crippen LogP contribution in [0.3, 0.4) is 0 Å². The monoisotopic (exact) mass is 343 g/mol. The maximum Gasteiger partial charge on any atom is 0.413 e. The third kappa shape index (κ3) is 5.06. The lowest BCUT2D eigenvalue weighted by atomic mass is 10.1. The summed E-state index contributed by atoms with van der Waals surface area (Å²) in [5.74, 6) is -1.73. The first-order chi connectivity index (χ1) is 10.6. The molecule has 0 aliphatic rings. The van der Waals surface area contributed by atoms with E-state index in [2.05, 4.69) is 4.74 Å². The van der Waals surface area contributed by atoms with Crippen LogP contribution in [0.25, 0.3) is 0 Å². The first kappa shape index (κ1) is 18.6. The molecule has 0 aliphatic heterocycles. The molecule has 9 heteroatoms. The second kappa shape index (κ2) is 7.23. The molecule has 0 heterocycles. The molecule has 0 radical (unpaired) electrons. The molecule has 1 rings (SSSR count). The molecule has 8 nitrogen and oxygen atoms in total. The lowest BCUT2D eigenvalue weighted by Crippen LogP contribution is -2.39. The van der Waals surface area contributed by atoms with Crippen LogP contribution >= 0.6 is 0 Å². The molecule has 1 N–H and O–H groups in total. The second-order valence-electron chi connectivity index (χ2n) is 4.78. The van der Waals surface area contributed by atoms with E-state index in [1.54, 1.807) is 6.92 Å². The summed E-state index contributed by atoms with van der Waals surface area (Å²) < 4.78 is 32.3. The van der Waals surface area contributed by atoms with Gasteiger partial charge in [0.15, 0.2) is 15.9 Å². The molecule has 0 bridgehead atoms. The summed E-state index contributed by atoms with van der Waals surface area (Å²) in [6, 6.07) is 4.01. The fourth-order valence-electron chi connectivity index (χ4n) is 1.58. The summed E-state index contributed by atoms with van der Waals surface area (Å²) in [6.45, 7) is 2.87. The molecule has 0 saturated carbocycles. The van der Waals surface area contributed by atoms with Crippen molar-refractivity contribution < 1.29 is 32.3 Å². The van der Waals surface area contributed by atoms with Gasteiger partial charge in [-0.3, -0.25) is 10.1 Å². The van der Waals surface area contributed by atoms with Gasteiger partial charge in [0, 0.05) is 6.26 Å². The topological polar surface area (TPSA) is 116 Å². The number of ether oxygens (including phenoxy) is 2. The van der Waals surface area contributed by atoms with Crippen LogP contribution in [0.15, 0.2) is 23.1 Å². The molecule has 0 unspecified atom stereocenters. The van der Waals surface area contributed by atoms with Crippen molar-refractivity contribution in [3.63, 3.8) is 0 Å². The Morgan fingerprint density at radius 3 is 2.35 bits per heavy atom. The third-order valence-electron chi connectivity index (χ3n) is 2.92. The number of rotatable bonds is 4. The highest BCUT2D eigenvalue weighted by Crippen LogP contribution is 2.17. The summed E-state index contributed by atoms with van der Waals surface area (Å²) in [6.07, 6.45) is -1.23. The lowest BCUT2D eigenvalue weighted by Gasteiger charge is -2.14. The van der Waals surface area contributed by atoms with Crippen LogP contribution in [0, 0.1) is 6.92 Å². The number of benzene rings is 1. The van der Waals surface area contributed by atoms with Crippen LogP contribution in [0.5, 0.6) is 0 Å². The smallest absolute Gasteiger partial charge is 0.413 e. The molecule has 2 amide bonds. The number of carbonyl (C=O) groups is 3. The lowest BCUT2D eigenvalue weighted by molar-refractivity contribution is -0.128. The van der Waals surface area contributed by atoms with Gasteiger partial charge in [0.2, 0.25) is 0 Å². The van der Waals surface area contributed by atoms with Gasteiger partial charge in [-0.25, -0.2) is 18.0 Å². The van der Waals surface area contributed by atoms with Gasteiger partial charge in [-0.05, 0) is 31.5 Å². The Morgan fingerprint density at radius 1 is 1.22 bits per heavy atom. The van der Waals surface area contributed by atoms with E-state index in [0.29, 0.717) is 5.56 Å². The van der Waals surface area contributed by atoms with Gasteiger partial charge in [-0.15, -0.1) is 0 Å². The molecule has 0 fully saturated rings. The van der Waals surface area contributed by atoms with Crippen LogP contribution in [-0.4, -0.2) is 45.9 Å². The van der Waals surface area contributed by atoms with Crippen molar-refractivity contribution >= 4 is 27.8 Å². The van der Waals surface area contributed by atoms with Crippen molar-refractivity contribution in [3.8, 4) is 0 Å². The van der Waals surface area contributed by atoms with Crippen LogP contribution in [0.2, 0.25) is 0 Å². The van der Waals surface area contributed by atoms with E-state index in [1.165, 1.54) is 25.1 Å². The summed E-state index contributed by atoms with van der Waals surface area (Å²) in [5.41, 5.74) is 0.508. The van der Waals surface area contributed by atoms with E-state index in [0.717, 1.165) is 13.4 Å². The minimum Gasteiger partial charge on any atom is -0.453 e. The summed E-state index contributed by atoms with van der Waals surface area (Å²) >= 11 is 0. The van der Waals surface area contributed by atoms with Gasteiger partial charge in [0.1, 0.15) is 0 Å². The molecule has 126 valence electrons. The standard InChI is InChI=1S/C14H17NO7S/c1-8-5-6-10(23(4,19)20)7-11(8)13(17)22-9(2)12(16)15-14(18)21-3/h5-7,9H,1-4H3,(H,15,16,18)/t9-/m0/s1. The van der Waals surface area contributed by atoms with E-state index >= 15 is 0 Å². The molecule has 1 atom stereocenters. The molecule has 1 aromatic carbocycles. The number of carbonyl (C=O) groups excluding carboxylic acids is 3. The SMILES string of the molecule is COC(=O)NC(=O)[C@H](C)OC(=O)c1cc(S(C)(=O)=O)ccc1C. The summed E-state index contributed by atoms with van der Waals surface area (Å²) in [7, 11) is -2.41. The largest absolute Gasteiger partial charge is 0.453 e. The third-order valence-corrected chi connectivity index (χ3v) is 4.03. The fourth-order valence-corrected chi connectivity index (χ4v) is 2.23. The minimum atomic E-state index is -3.49. The van der Waals surface area contributed by atoms with Crippen LogP contribution in [0.1, 0.15) is 22.8 Å². The van der Waals surface area contributed by atoms with Crippen molar-refractivity contribution in [1.82, 2.24) is 5.32 Å². The Hall–Kier alpha value is -2.42. The Morgan fingerprint density at radius 2 is 1.83 bits per heavy atom. The first-order valence-corrected chi connectivity index (χ1v) is 8.36. The number of nitrogens with one attached hydrogen (secondary N) is 1. The van der Waals surface area contributed by atoms with Gasteiger partial charge < -0.3 is 9.47 Å². The van der Waals surface area contributed by atoms with E-state index in [4.69, 9.17) is 4.74 Å². The molecule has 0 saturated heterocycles. The molecular weight excluding hydrogens is 326 g/mol. The average Bonchev–Trinajstić information content (AvgIpc) is 2.45. The number of amides is 2. The van der Waals surface area contributed by atoms with Crippen molar-refractivity contribution in [2.24, 2.45) is 0 Å². The number of esters is 1. The Labute approximate surface area is 133 Å². The number of aryl methyl sites for hydroxylation is 1. The van der Waals surface area contributed by atoms with Gasteiger partial charge >= 0.3 is 12.1 Å². The molecule has 0 spiro atoms. The Kier molecular flexibility index (Phi) is 5.85. The molecular formula is C14H17NO7S. The number of alkyl carbamates (subject to hydrolysis) is 1. The van der Waals surface area contributed by atoms with E-state index in [1.807, 2.05) is 5.32 Å². The van der Waals surface area contributed by atoms with Gasteiger partial charge in [-0.2, -0.15) is 0 Å². The highest BCUT2D eigenvalue weighted by molar-refractivity contribution is 7.90. The first-order valence-electron chi connectivity index (χ1n) is 6.46. The Bertz CT molecular complexity index is 739. The van der Waals surface area contributed by atoms with E-state index < -0.39 is 33.9 Å². The molecule has 0 aliphatic carbocycles. The minimum absolute atomic E-state index is 0.0191. The molecule has 1 aromatic rings. The number of imide groups is 1. The maximum atomic E-state index is 12.1. The van der Waals surface area contributed by atoms with Crippen molar-refractivity contribution in [1.29, 1.82) is 0 Å². The van der Waals surface area contributed by atoms with Gasteiger partial charge in [0.25, 0.3) is 5.91 Å². The van der Waals surface area contributed by atoms with Gasteiger partial charge in [-0.1, -0.05) is 6.07 Å². The predicted molar refractivity (Wildman–Crippen MR) is 79.7 cm³/mol. The summed E-state index contributed by atoms with van der Waals surface area (Å²) in [4.78, 5) is 34.6. The van der Waals surface area contributed by atoms with Crippen molar-refractivity contribution in [3.05, 3.63) is 29.3 Å². The van der Waals surface area contributed by atoms with Crippen LogP contribution < -0.4 is 5.32 Å². The maximum absolute atomic E-state index is 12.1. The second-order valence-corrected chi connectivity index (χ2v) is 6.79. The highest BCUT2D eigenvalue weighted by Gasteiger charge is 2.23. The van der Waals surface area contributed by atoms with E-state index in [-0.39, 0.29) is 10.5 Å². The highest BCUT2D eigenvalue weighted by atomic mass is 32.2. The number of sulfone groups is 1. The zero-order valence-corrected chi connectivity index (χ0v) is 13.9. The average molecular weight is 343 g/mol. The molecule has 0 aromatic heterocycles. The Balaban J connectivity index is 2.94. The zero-order valence-electron chi connectivity index (χ0n) is 13.1. The summed E-state index contributed by atoms with van der Waals surface area (Å²) in [5, 5.41) is 1.86. The normalized spacial score (nSPS) is 12.2. The van der Waals surface area contributed by atoms with E-state index in [9.17, 15) is 22.8 Å². The zero-order chi connectivity index (χ0) is 17.8. The quantitative estimate of drug-likeness (QED) is 0.805. The predicted octanol–water partition coefficient (Wildman–Crippen LogP) is 0.826.